The Labute approximate surface area is 133 Å². The summed E-state index contributed by atoms with van der Waals surface area (Å²) in [4.78, 5) is 4.67. The fourth-order valence-corrected chi connectivity index (χ4v) is 3.02. The van der Waals surface area contributed by atoms with E-state index in [1.54, 1.807) is 0 Å². The normalized spacial score (nSPS) is 18.5. The second-order valence-electron chi connectivity index (χ2n) is 5.94. The Balaban J connectivity index is 1.63. The largest absolute Gasteiger partial charge is 0.380 e. The van der Waals surface area contributed by atoms with Crippen molar-refractivity contribution in [3.05, 3.63) is 60.2 Å². The maximum absolute atomic E-state index is 5.43. The van der Waals surface area contributed by atoms with E-state index in [1.807, 2.05) is 13.2 Å². The number of ether oxygens (including phenoxy) is 1. The van der Waals surface area contributed by atoms with Gasteiger partial charge < -0.3 is 9.64 Å². The second kappa shape index (κ2) is 6.95. The molecule has 1 heterocycles. The molecule has 0 aliphatic carbocycles. The second-order valence-corrected chi connectivity index (χ2v) is 5.94. The molecule has 1 fully saturated rings. The quantitative estimate of drug-likeness (QED) is 0.837. The Bertz CT molecular complexity index is 582. The summed E-state index contributed by atoms with van der Waals surface area (Å²) in [5.74, 6) is 0. The minimum atomic E-state index is 0.406. The number of anilines is 2. The van der Waals surface area contributed by atoms with Gasteiger partial charge in [-0.2, -0.15) is 0 Å². The monoisotopic (exact) mass is 296 g/mol. The molecule has 0 saturated carbocycles. The minimum Gasteiger partial charge on any atom is -0.380 e. The van der Waals surface area contributed by atoms with Crippen molar-refractivity contribution in [1.29, 1.82) is 0 Å². The predicted molar refractivity (Wildman–Crippen MR) is 91.6 cm³/mol. The van der Waals surface area contributed by atoms with E-state index in [2.05, 4.69) is 65.4 Å². The van der Waals surface area contributed by atoms with Crippen molar-refractivity contribution < 1.29 is 4.74 Å². The SMILES string of the molecule is COC1CCN(Cc2ccc(N(C)c3ccccc3)cc2)C1. The van der Waals surface area contributed by atoms with E-state index in [-0.39, 0.29) is 0 Å². The summed E-state index contributed by atoms with van der Waals surface area (Å²) in [7, 11) is 3.91. The van der Waals surface area contributed by atoms with Crippen LogP contribution in [0.2, 0.25) is 0 Å². The summed E-state index contributed by atoms with van der Waals surface area (Å²) in [6.45, 7) is 3.18. The molecule has 0 amide bonds. The van der Waals surface area contributed by atoms with Crippen molar-refractivity contribution in [2.45, 2.75) is 19.1 Å². The molecule has 2 aromatic rings. The third kappa shape index (κ3) is 3.49. The highest BCUT2D eigenvalue weighted by molar-refractivity contribution is 5.62. The van der Waals surface area contributed by atoms with E-state index < -0.39 is 0 Å². The van der Waals surface area contributed by atoms with Gasteiger partial charge in [-0.05, 0) is 36.2 Å². The molecule has 1 saturated heterocycles. The summed E-state index contributed by atoms with van der Waals surface area (Å²) in [6, 6.07) is 19.3. The topological polar surface area (TPSA) is 15.7 Å². The summed E-state index contributed by atoms with van der Waals surface area (Å²) in [6.07, 6.45) is 1.55. The highest BCUT2D eigenvalue weighted by Gasteiger charge is 2.21. The average molecular weight is 296 g/mol. The Morgan fingerprint density at radius 3 is 2.36 bits per heavy atom. The summed E-state index contributed by atoms with van der Waals surface area (Å²) in [5.41, 5.74) is 3.78. The van der Waals surface area contributed by atoms with Crippen molar-refractivity contribution in [3.63, 3.8) is 0 Å². The lowest BCUT2D eigenvalue weighted by Crippen LogP contribution is -2.22. The first-order valence-corrected chi connectivity index (χ1v) is 7.89. The highest BCUT2D eigenvalue weighted by Crippen LogP contribution is 2.24. The standard InChI is InChI=1S/C19H24N2O/c1-20(17-6-4-3-5-7-17)18-10-8-16(9-11-18)14-21-13-12-19(15-21)22-2/h3-11,19H,12-15H2,1-2H3. The van der Waals surface area contributed by atoms with Crippen LogP contribution in [-0.4, -0.2) is 38.3 Å². The number of rotatable bonds is 5. The van der Waals surface area contributed by atoms with Crippen molar-refractivity contribution in [2.75, 3.05) is 32.1 Å². The van der Waals surface area contributed by atoms with Gasteiger partial charge in [-0.1, -0.05) is 30.3 Å². The van der Waals surface area contributed by atoms with E-state index in [0.717, 1.165) is 26.1 Å². The smallest absolute Gasteiger partial charge is 0.0710 e. The Morgan fingerprint density at radius 1 is 1.05 bits per heavy atom. The maximum Gasteiger partial charge on any atom is 0.0710 e. The molecule has 0 spiro atoms. The molecule has 1 aliphatic rings. The molecule has 3 nitrogen and oxygen atoms in total. The fourth-order valence-electron chi connectivity index (χ4n) is 3.02. The zero-order chi connectivity index (χ0) is 15.4. The van der Waals surface area contributed by atoms with Crippen LogP contribution in [0.5, 0.6) is 0 Å². The molecular formula is C19H24N2O. The molecule has 1 atom stereocenters. The number of hydrogen-bond donors (Lipinski definition) is 0. The van der Waals surface area contributed by atoms with Crippen LogP contribution in [0.15, 0.2) is 54.6 Å². The molecule has 1 aliphatic heterocycles. The van der Waals surface area contributed by atoms with Gasteiger partial charge in [0, 0.05) is 45.2 Å². The number of hydrogen-bond acceptors (Lipinski definition) is 3. The lowest BCUT2D eigenvalue weighted by molar-refractivity contribution is 0.107. The van der Waals surface area contributed by atoms with Crippen molar-refractivity contribution >= 4 is 11.4 Å². The first-order chi connectivity index (χ1) is 10.8. The van der Waals surface area contributed by atoms with Gasteiger partial charge in [-0.3, -0.25) is 4.90 Å². The van der Waals surface area contributed by atoms with Gasteiger partial charge in [0.15, 0.2) is 0 Å². The van der Waals surface area contributed by atoms with Gasteiger partial charge in [0.25, 0.3) is 0 Å². The van der Waals surface area contributed by atoms with Crippen LogP contribution in [0, 0.1) is 0 Å². The summed E-state index contributed by atoms with van der Waals surface area (Å²) >= 11 is 0. The molecule has 0 radical (unpaired) electrons. The Kier molecular flexibility index (Phi) is 4.76. The number of methoxy groups -OCH3 is 1. The van der Waals surface area contributed by atoms with Crippen LogP contribution in [0.3, 0.4) is 0 Å². The predicted octanol–water partition coefficient (Wildman–Crippen LogP) is 3.68. The molecular weight excluding hydrogens is 272 g/mol. The van der Waals surface area contributed by atoms with Gasteiger partial charge in [-0.25, -0.2) is 0 Å². The van der Waals surface area contributed by atoms with Crippen molar-refractivity contribution in [1.82, 2.24) is 4.90 Å². The minimum absolute atomic E-state index is 0.406. The zero-order valence-corrected chi connectivity index (χ0v) is 13.4. The van der Waals surface area contributed by atoms with Gasteiger partial charge in [0.05, 0.1) is 6.10 Å². The molecule has 0 N–H and O–H groups in total. The van der Waals surface area contributed by atoms with E-state index in [1.165, 1.54) is 16.9 Å². The third-order valence-corrected chi connectivity index (χ3v) is 4.44. The molecule has 2 aromatic carbocycles. The van der Waals surface area contributed by atoms with Crippen LogP contribution in [0.1, 0.15) is 12.0 Å². The van der Waals surface area contributed by atoms with Crippen LogP contribution < -0.4 is 4.90 Å². The van der Waals surface area contributed by atoms with Crippen LogP contribution in [-0.2, 0) is 11.3 Å². The molecule has 1 unspecified atom stereocenters. The molecule has 3 rings (SSSR count). The molecule has 116 valence electrons. The highest BCUT2D eigenvalue weighted by atomic mass is 16.5. The fraction of sp³-hybridized carbons (Fsp3) is 0.368. The van der Waals surface area contributed by atoms with E-state index in [0.29, 0.717) is 6.10 Å². The summed E-state index contributed by atoms with van der Waals surface area (Å²) in [5, 5.41) is 0. The van der Waals surface area contributed by atoms with E-state index >= 15 is 0 Å². The molecule has 3 heteroatoms. The maximum atomic E-state index is 5.43. The van der Waals surface area contributed by atoms with Crippen molar-refractivity contribution in [3.8, 4) is 0 Å². The molecule has 0 bridgehead atoms. The zero-order valence-electron chi connectivity index (χ0n) is 13.4. The third-order valence-electron chi connectivity index (χ3n) is 4.44. The Morgan fingerprint density at radius 2 is 1.73 bits per heavy atom. The molecule has 0 aromatic heterocycles. The van der Waals surface area contributed by atoms with Crippen LogP contribution >= 0.6 is 0 Å². The molecule has 22 heavy (non-hydrogen) atoms. The van der Waals surface area contributed by atoms with Gasteiger partial charge in [0.2, 0.25) is 0 Å². The van der Waals surface area contributed by atoms with Crippen LogP contribution in [0.4, 0.5) is 11.4 Å². The number of para-hydroxylation sites is 1. The first-order valence-electron chi connectivity index (χ1n) is 7.89. The van der Waals surface area contributed by atoms with Crippen LogP contribution in [0.25, 0.3) is 0 Å². The van der Waals surface area contributed by atoms with Crippen molar-refractivity contribution in [2.24, 2.45) is 0 Å². The van der Waals surface area contributed by atoms with Gasteiger partial charge in [0.1, 0.15) is 0 Å². The Hall–Kier alpha value is -1.84. The number of likely N-dealkylation sites (tertiary alicyclic amines) is 1. The van der Waals surface area contributed by atoms with E-state index in [9.17, 15) is 0 Å². The lowest BCUT2D eigenvalue weighted by atomic mass is 10.1. The van der Waals surface area contributed by atoms with E-state index in [4.69, 9.17) is 4.74 Å². The van der Waals surface area contributed by atoms with Gasteiger partial charge >= 0.3 is 0 Å². The number of benzene rings is 2. The average Bonchev–Trinajstić information content (AvgIpc) is 3.03. The first kappa shape index (κ1) is 15.1. The summed E-state index contributed by atoms with van der Waals surface area (Å²) < 4.78 is 5.43. The number of nitrogens with zero attached hydrogens (tertiary/aromatic N) is 2. The lowest BCUT2D eigenvalue weighted by Gasteiger charge is -2.20. The van der Waals surface area contributed by atoms with Gasteiger partial charge in [-0.15, -0.1) is 0 Å².